The number of benzene rings is 3. The van der Waals surface area contributed by atoms with Crippen molar-refractivity contribution in [2.24, 2.45) is 13.0 Å². The molecule has 5 amide bonds. The molecule has 3 heterocycles. The number of hydrogen-bond donors (Lipinski definition) is 4. The molecule has 6 rings (SSSR count). The van der Waals surface area contributed by atoms with Gasteiger partial charge in [0, 0.05) is 89.3 Å². The van der Waals surface area contributed by atoms with Gasteiger partial charge in [-0.1, -0.05) is 37.3 Å². The van der Waals surface area contributed by atoms with E-state index in [1.807, 2.05) is 36.2 Å². The normalized spacial score (nSPS) is 14.8. The van der Waals surface area contributed by atoms with E-state index in [0.29, 0.717) is 60.5 Å². The van der Waals surface area contributed by atoms with Gasteiger partial charge in [-0.3, -0.25) is 33.6 Å². The molecule has 0 radical (unpaired) electrons. The number of carbonyl (C=O) groups excluding carboxylic acids is 7. The summed E-state index contributed by atoms with van der Waals surface area (Å²) in [7, 11) is 6.68. The highest BCUT2D eigenvalue weighted by molar-refractivity contribution is 6.12. The van der Waals surface area contributed by atoms with Crippen LogP contribution in [-0.4, -0.2) is 97.1 Å². The van der Waals surface area contributed by atoms with Gasteiger partial charge in [-0.15, -0.1) is 0 Å². The van der Waals surface area contributed by atoms with Crippen LogP contribution in [0.1, 0.15) is 90.9 Å². The monoisotopic (exact) mass is 890 g/mol. The highest BCUT2D eigenvalue weighted by Gasteiger charge is 2.39. The van der Waals surface area contributed by atoms with Crippen LogP contribution in [0.2, 0.25) is 0 Å². The minimum atomic E-state index is -0.776. The highest BCUT2D eigenvalue weighted by atomic mass is 16.5. The fourth-order valence-electron chi connectivity index (χ4n) is 8.04. The Balaban J connectivity index is 0.928. The summed E-state index contributed by atoms with van der Waals surface area (Å²) >= 11 is 0. The molecule has 17 nitrogen and oxygen atoms in total. The number of likely N-dealkylation sites (N-methyl/N-ethyl adjacent to an activating group) is 1. The largest absolute Gasteiger partial charge is 0.493 e. The van der Waals surface area contributed by atoms with Crippen molar-refractivity contribution < 1.29 is 43.0 Å². The van der Waals surface area contributed by atoms with Gasteiger partial charge < -0.3 is 45.1 Å². The maximum absolute atomic E-state index is 13.9. The van der Waals surface area contributed by atoms with Crippen molar-refractivity contribution in [3.05, 3.63) is 89.4 Å². The number of nitrogens with zero attached hydrogens (tertiary/aromatic N) is 4. The lowest BCUT2D eigenvalue weighted by Crippen LogP contribution is -2.42. The quantitative estimate of drug-likeness (QED) is 0.0817. The van der Waals surface area contributed by atoms with Crippen molar-refractivity contribution in [3.8, 4) is 11.5 Å². The Morgan fingerprint density at radius 2 is 1.58 bits per heavy atom. The molecule has 65 heavy (non-hydrogen) atoms. The van der Waals surface area contributed by atoms with Crippen molar-refractivity contribution in [2.45, 2.75) is 83.7 Å². The third-order valence-corrected chi connectivity index (χ3v) is 11.7. The first kappa shape index (κ1) is 47.4. The minimum Gasteiger partial charge on any atom is -0.493 e. The number of ether oxygens (including phenoxy) is 2. The van der Waals surface area contributed by atoms with Crippen LogP contribution in [0.3, 0.4) is 0 Å². The third-order valence-electron chi connectivity index (χ3n) is 11.7. The second-order valence-corrected chi connectivity index (χ2v) is 16.7. The van der Waals surface area contributed by atoms with Gasteiger partial charge in [-0.2, -0.15) is 0 Å². The molecule has 1 aromatic heterocycles. The van der Waals surface area contributed by atoms with Crippen molar-refractivity contribution in [1.29, 1.82) is 0 Å². The summed E-state index contributed by atoms with van der Waals surface area (Å²) in [6, 6.07) is 17.5. The van der Waals surface area contributed by atoms with Crippen molar-refractivity contribution >= 4 is 64.0 Å². The predicted octanol–water partition coefficient (Wildman–Crippen LogP) is 5.02. The molecule has 0 aliphatic carbocycles. The van der Waals surface area contributed by atoms with Crippen molar-refractivity contribution in [2.75, 3.05) is 54.8 Å². The fraction of sp³-hybridized carbons (Fsp3) is 0.417. The van der Waals surface area contributed by atoms with E-state index in [-0.39, 0.29) is 85.2 Å². The van der Waals surface area contributed by atoms with E-state index in [2.05, 4.69) is 37.2 Å². The summed E-state index contributed by atoms with van der Waals surface area (Å²) in [5, 5.41) is 10.8. The number of anilines is 4. The number of carbonyl (C=O) groups is 7. The summed E-state index contributed by atoms with van der Waals surface area (Å²) in [6.07, 6.45) is 4.69. The van der Waals surface area contributed by atoms with Crippen LogP contribution < -0.4 is 40.5 Å². The smallest absolute Gasteiger partial charge is 0.291 e. The lowest BCUT2D eigenvalue weighted by molar-refractivity contribution is -0.131. The zero-order valence-corrected chi connectivity index (χ0v) is 37.8. The van der Waals surface area contributed by atoms with Crippen LogP contribution in [0.15, 0.2) is 66.9 Å². The summed E-state index contributed by atoms with van der Waals surface area (Å²) in [6.45, 7) is 4.09. The van der Waals surface area contributed by atoms with Crippen molar-refractivity contribution in [1.82, 2.24) is 20.2 Å². The number of para-hydroxylation sites is 1. The minimum absolute atomic E-state index is 0.00523. The van der Waals surface area contributed by atoms with Gasteiger partial charge in [0.05, 0.1) is 37.1 Å². The van der Waals surface area contributed by atoms with Gasteiger partial charge >= 0.3 is 0 Å². The lowest BCUT2D eigenvalue weighted by atomic mass is 9.99. The first-order chi connectivity index (χ1) is 31.1. The zero-order chi connectivity index (χ0) is 46.8. The third kappa shape index (κ3) is 12.0. The number of aromatic nitrogens is 2. The SMILES string of the molecule is CNC(=O)CCCCC(=O)C[C@@H](C)C(=O)N[C@@H](C)C(=O)Cc1ccc(NC(=O)c2nc(NC(=O)CCCOc3cc4c(cc3OC)C(=O)N3c5ccccc5C[C@H]3CN4C)cn2C)cc1. The molecular formula is C48H58N8O9. The van der Waals surface area contributed by atoms with Gasteiger partial charge in [-0.05, 0) is 68.0 Å². The van der Waals surface area contributed by atoms with Crippen molar-refractivity contribution in [3.63, 3.8) is 0 Å². The van der Waals surface area contributed by atoms with Gasteiger partial charge in [-0.25, -0.2) is 4.98 Å². The number of amides is 5. The fourth-order valence-corrected chi connectivity index (χ4v) is 8.04. The van der Waals surface area contributed by atoms with Crippen LogP contribution in [0.5, 0.6) is 11.5 Å². The second kappa shape index (κ2) is 21.6. The molecular weight excluding hydrogens is 833 g/mol. The van der Waals surface area contributed by atoms with E-state index >= 15 is 0 Å². The number of ketones is 2. The number of imidazole rings is 1. The Bertz CT molecular complexity index is 2430. The molecule has 0 fully saturated rings. The number of fused-ring (bicyclic) bond motifs is 4. The van der Waals surface area contributed by atoms with Crippen LogP contribution in [0, 0.1) is 5.92 Å². The van der Waals surface area contributed by atoms with Gasteiger partial charge in [0.15, 0.2) is 23.1 Å². The molecule has 3 atom stereocenters. The maximum atomic E-state index is 13.9. The van der Waals surface area contributed by atoms with E-state index < -0.39 is 17.9 Å². The topological polar surface area (TPSA) is 210 Å². The van der Waals surface area contributed by atoms with E-state index in [4.69, 9.17) is 9.47 Å². The molecule has 0 spiro atoms. The Morgan fingerprint density at radius 1 is 0.862 bits per heavy atom. The summed E-state index contributed by atoms with van der Waals surface area (Å²) in [5.74, 6) is -1.11. The summed E-state index contributed by atoms with van der Waals surface area (Å²) < 4.78 is 13.2. The number of Topliss-reactive ketones (excluding diaryl/α,β-unsaturated/α-hetero) is 2. The van der Waals surface area contributed by atoms with Gasteiger partial charge in [0.1, 0.15) is 5.78 Å². The number of methoxy groups -OCH3 is 1. The van der Waals surface area contributed by atoms with Crippen LogP contribution in [0.25, 0.3) is 0 Å². The Kier molecular flexibility index (Phi) is 15.7. The standard InChI is InChI=1S/C48H58N8O9/c1-29(22-35(57)13-8-10-15-43(59)49-3)46(61)50-30(2)39(58)23-31-17-19-33(20-18-31)51-47(62)45-53-42(28-55(45)5)52-44(60)16-11-21-65-41-26-38-36(25-40(41)64-6)48(63)56-34(27-54(38)4)24-32-12-7-9-14-37(32)56/h7,9,12,14,17-20,25-26,28-30,34H,8,10-11,13,15-16,21-24,27H2,1-6H3,(H,49,59)(H,50,61)(H,51,62)(H,52,60)/t29-,30+,34+/m1/s1. The Morgan fingerprint density at radius 3 is 2.32 bits per heavy atom. The molecule has 0 saturated heterocycles. The predicted molar refractivity (Wildman–Crippen MR) is 246 cm³/mol. The van der Waals surface area contributed by atoms with Crippen LogP contribution in [0.4, 0.5) is 22.9 Å². The summed E-state index contributed by atoms with van der Waals surface area (Å²) in [5.41, 5.74) is 4.49. The molecule has 4 aromatic rings. The van der Waals surface area contributed by atoms with E-state index in [9.17, 15) is 33.6 Å². The van der Waals surface area contributed by atoms with Gasteiger partial charge in [0.25, 0.3) is 11.8 Å². The van der Waals surface area contributed by atoms with Crippen LogP contribution in [-0.2, 0) is 43.9 Å². The first-order valence-electron chi connectivity index (χ1n) is 21.9. The number of hydrogen-bond acceptors (Lipinski definition) is 11. The Hall–Kier alpha value is -7.04. The molecule has 0 saturated carbocycles. The number of aryl methyl sites for hydroxylation is 1. The second-order valence-electron chi connectivity index (χ2n) is 16.7. The van der Waals surface area contributed by atoms with E-state index in [1.165, 1.54) is 17.9 Å². The van der Waals surface area contributed by atoms with E-state index in [0.717, 1.165) is 23.4 Å². The number of rotatable bonds is 21. The maximum Gasteiger partial charge on any atom is 0.291 e. The molecule has 3 aromatic carbocycles. The molecule has 0 bridgehead atoms. The zero-order valence-electron chi connectivity index (χ0n) is 37.8. The molecule has 2 aliphatic heterocycles. The number of unbranched alkanes of at least 4 members (excludes halogenated alkanes) is 1. The molecule has 17 heteroatoms. The van der Waals surface area contributed by atoms with Gasteiger partial charge in [0.2, 0.25) is 23.5 Å². The molecule has 344 valence electrons. The van der Waals surface area contributed by atoms with Crippen LogP contribution >= 0.6 is 0 Å². The molecule has 2 aliphatic rings. The number of nitrogens with one attached hydrogen (secondary N) is 4. The summed E-state index contributed by atoms with van der Waals surface area (Å²) in [4.78, 5) is 97.5. The molecule has 0 unspecified atom stereocenters. The highest BCUT2D eigenvalue weighted by Crippen LogP contribution is 2.42. The Labute approximate surface area is 378 Å². The molecule has 4 N–H and O–H groups in total. The first-order valence-corrected chi connectivity index (χ1v) is 21.9. The lowest BCUT2D eigenvalue weighted by Gasteiger charge is -2.25. The average molecular weight is 891 g/mol. The van der Waals surface area contributed by atoms with E-state index in [1.54, 1.807) is 58.3 Å². The average Bonchev–Trinajstić information content (AvgIpc) is 3.82.